The summed E-state index contributed by atoms with van der Waals surface area (Å²) in [5, 5.41) is 1.99. The zero-order valence-corrected chi connectivity index (χ0v) is 17.3. The van der Waals surface area contributed by atoms with E-state index in [9.17, 15) is 4.79 Å². The molecule has 3 aromatic rings. The second kappa shape index (κ2) is 7.67. The van der Waals surface area contributed by atoms with Gasteiger partial charge in [0.2, 0.25) is 0 Å². The van der Waals surface area contributed by atoms with Gasteiger partial charge in [-0.3, -0.25) is 9.78 Å². The molecule has 0 bridgehead atoms. The van der Waals surface area contributed by atoms with Crippen molar-refractivity contribution < 1.29 is 9.18 Å². The first-order chi connectivity index (χ1) is 13.9. The molecule has 6 heteroatoms. The number of Topliss-reactive ketones (excluding diaryl/α,β-unsaturated/α-hetero) is 1. The monoisotopic (exact) mass is 394 g/mol. The Hall–Kier alpha value is -2.60. The molecule has 0 unspecified atom stereocenters. The van der Waals surface area contributed by atoms with Crippen LogP contribution in [-0.4, -0.2) is 50.5 Å². The topological polar surface area (TPSA) is 51.0 Å². The Bertz CT molecular complexity index is 1050. The lowest BCUT2D eigenvalue weighted by Gasteiger charge is -2.34. The molecular formula is C23H27FN4O. The van der Waals surface area contributed by atoms with Crippen LogP contribution in [0.25, 0.3) is 22.0 Å². The fourth-order valence-corrected chi connectivity index (χ4v) is 4.04. The normalized spacial score (nSPS) is 17.0. The summed E-state index contributed by atoms with van der Waals surface area (Å²) in [6.07, 6.45) is 4.21. The third kappa shape index (κ3) is 3.81. The van der Waals surface area contributed by atoms with E-state index in [4.69, 9.17) is 0 Å². The third-order valence-corrected chi connectivity index (χ3v) is 6.23. The van der Waals surface area contributed by atoms with E-state index in [-0.39, 0.29) is 25.0 Å². The van der Waals surface area contributed by atoms with Crippen LogP contribution >= 0.6 is 0 Å². The number of likely N-dealkylation sites (tertiary alicyclic amines) is 1. The summed E-state index contributed by atoms with van der Waals surface area (Å²) in [6, 6.07) is 8.04. The summed E-state index contributed by atoms with van der Waals surface area (Å²) >= 11 is 0. The van der Waals surface area contributed by atoms with Crippen molar-refractivity contribution in [2.75, 3.05) is 19.6 Å². The van der Waals surface area contributed by atoms with Crippen LogP contribution in [0, 0.1) is 6.92 Å². The minimum absolute atomic E-state index is 0.0353. The van der Waals surface area contributed by atoms with E-state index in [0.717, 1.165) is 34.4 Å². The van der Waals surface area contributed by atoms with Gasteiger partial charge in [-0.05, 0) is 31.0 Å². The van der Waals surface area contributed by atoms with Crippen molar-refractivity contribution >= 4 is 16.6 Å². The van der Waals surface area contributed by atoms with Crippen LogP contribution in [0.5, 0.6) is 0 Å². The number of aromatic nitrogens is 3. The average Bonchev–Trinajstić information content (AvgIpc) is 3.06. The highest BCUT2D eigenvalue weighted by atomic mass is 19.1. The summed E-state index contributed by atoms with van der Waals surface area (Å²) in [6.45, 7) is 6.20. The molecule has 5 nitrogen and oxygen atoms in total. The molecular weight excluding hydrogens is 367 g/mol. The van der Waals surface area contributed by atoms with Crippen LogP contribution in [0.3, 0.4) is 0 Å². The lowest BCUT2D eigenvalue weighted by molar-refractivity contribution is -0.133. The molecule has 2 aromatic heterocycles. The van der Waals surface area contributed by atoms with Gasteiger partial charge in [0.25, 0.3) is 0 Å². The van der Waals surface area contributed by atoms with Crippen LogP contribution in [0.1, 0.15) is 31.3 Å². The van der Waals surface area contributed by atoms with Crippen molar-refractivity contribution in [2.45, 2.75) is 38.8 Å². The minimum atomic E-state index is -1.73. The summed E-state index contributed by atoms with van der Waals surface area (Å²) in [4.78, 5) is 23.7. The number of alkyl halides is 1. The Morgan fingerprint density at radius 3 is 2.55 bits per heavy atom. The Labute approximate surface area is 170 Å². The number of carbonyl (C=O) groups excluding carboxylic acids is 1. The Morgan fingerprint density at radius 2 is 1.90 bits per heavy atom. The number of piperidine rings is 1. The first kappa shape index (κ1) is 19.7. The maximum atomic E-state index is 15.2. The van der Waals surface area contributed by atoms with Gasteiger partial charge in [-0.2, -0.15) is 0 Å². The van der Waals surface area contributed by atoms with E-state index in [2.05, 4.69) is 27.9 Å². The van der Waals surface area contributed by atoms with Gasteiger partial charge in [0.15, 0.2) is 11.5 Å². The van der Waals surface area contributed by atoms with Gasteiger partial charge in [-0.15, -0.1) is 0 Å². The minimum Gasteiger partial charge on any atom is -0.331 e. The van der Waals surface area contributed by atoms with Gasteiger partial charge in [0.1, 0.15) is 5.82 Å². The number of halogens is 1. The zero-order chi connectivity index (χ0) is 20.6. The Balaban J connectivity index is 1.57. The van der Waals surface area contributed by atoms with Crippen molar-refractivity contribution in [3.8, 4) is 11.3 Å². The lowest BCUT2D eigenvalue weighted by atomic mass is 9.87. The number of benzene rings is 1. The summed E-state index contributed by atoms with van der Waals surface area (Å²) < 4.78 is 17.2. The average molecular weight is 394 g/mol. The van der Waals surface area contributed by atoms with Crippen LogP contribution in [-0.2, 0) is 18.3 Å². The molecule has 0 radical (unpaired) electrons. The van der Waals surface area contributed by atoms with Gasteiger partial charge in [-0.25, -0.2) is 9.37 Å². The number of imidazole rings is 1. The van der Waals surface area contributed by atoms with E-state index in [1.807, 2.05) is 42.9 Å². The highest BCUT2D eigenvalue weighted by Gasteiger charge is 2.40. The van der Waals surface area contributed by atoms with Crippen LogP contribution in [0.4, 0.5) is 4.39 Å². The Morgan fingerprint density at radius 1 is 1.14 bits per heavy atom. The third-order valence-electron chi connectivity index (χ3n) is 6.23. The predicted octanol–water partition coefficient (Wildman–Crippen LogP) is 3.88. The second-order valence-corrected chi connectivity index (χ2v) is 7.99. The van der Waals surface area contributed by atoms with Gasteiger partial charge < -0.3 is 9.47 Å². The molecule has 0 N–H and O–H groups in total. The van der Waals surface area contributed by atoms with E-state index in [0.29, 0.717) is 18.8 Å². The van der Waals surface area contributed by atoms with Crippen LogP contribution in [0.15, 0.2) is 36.7 Å². The molecule has 29 heavy (non-hydrogen) atoms. The number of aryl methyl sites for hydroxylation is 1. The molecule has 0 spiro atoms. The molecule has 1 aromatic carbocycles. The second-order valence-electron chi connectivity index (χ2n) is 7.99. The number of nitrogens with zero attached hydrogens (tertiary/aromatic N) is 4. The summed E-state index contributed by atoms with van der Waals surface area (Å²) in [5.74, 6) is 0.599. The maximum absolute atomic E-state index is 15.2. The first-order valence-electron chi connectivity index (χ1n) is 10.2. The Kier molecular flexibility index (Phi) is 5.21. The van der Waals surface area contributed by atoms with Crippen molar-refractivity contribution in [1.29, 1.82) is 0 Å². The molecule has 0 atom stereocenters. The van der Waals surface area contributed by atoms with Gasteiger partial charge in [-0.1, -0.05) is 19.1 Å². The molecule has 0 saturated carbocycles. The quantitative estimate of drug-likeness (QED) is 0.659. The van der Waals surface area contributed by atoms with E-state index >= 15 is 4.39 Å². The SMILES string of the molecule is CCN1CCC(F)(C(=O)Cc2cc3cc(-c4cnc(C)n4C)ccc3cn2)CC1. The maximum Gasteiger partial charge on any atom is 0.175 e. The molecule has 0 aliphatic carbocycles. The number of carbonyl (C=O) groups is 1. The highest BCUT2D eigenvalue weighted by Crippen LogP contribution is 2.30. The molecule has 4 rings (SSSR count). The number of ketones is 1. The molecule has 1 aliphatic heterocycles. The molecule has 152 valence electrons. The number of pyridine rings is 1. The first-order valence-corrected chi connectivity index (χ1v) is 10.2. The lowest BCUT2D eigenvalue weighted by Crippen LogP contribution is -2.47. The largest absolute Gasteiger partial charge is 0.331 e. The van der Waals surface area contributed by atoms with Crippen LogP contribution < -0.4 is 0 Å². The molecule has 1 saturated heterocycles. The summed E-state index contributed by atoms with van der Waals surface area (Å²) in [7, 11) is 1.99. The van der Waals surface area contributed by atoms with Crippen molar-refractivity contribution in [3.05, 3.63) is 48.2 Å². The van der Waals surface area contributed by atoms with Gasteiger partial charge in [0, 0.05) is 55.8 Å². The van der Waals surface area contributed by atoms with Crippen molar-refractivity contribution in [3.63, 3.8) is 0 Å². The van der Waals surface area contributed by atoms with Gasteiger partial charge in [0.05, 0.1) is 18.3 Å². The van der Waals surface area contributed by atoms with Crippen molar-refractivity contribution in [2.24, 2.45) is 7.05 Å². The zero-order valence-electron chi connectivity index (χ0n) is 17.3. The van der Waals surface area contributed by atoms with E-state index in [1.54, 1.807) is 6.20 Å². The standard InChI is InChI=1S/C23H27FN4O/c1-4-28-9-7-23(24,8-10-28)22(29)13-20-12-19-11-17(5-6-18(19)14-26-20)21-15-25-16(2)27(21)3/h5-6,11-12,14-15H,4,7-10,13H2,1-3H3. The number of rotatable bonds is 5. The fraction of sp³-hybridized carbons (Fsp3) is 0.435. The number of hydrogen-bond acceptors (Lipinski definition) is 4. The molecule has 1 fully saturated rings. The predicted molar refractivity (Wildman–Crippen MR) is 113 cm³/mol. The number of hydrogen-bond donors (Lipinski definition) is 0. The van der Waals surface area contributed by atoms with E-state index < -0.39 is 5.67 Å². The number of fused-ring (bicyclic) bond motifs is 1. The summed E-state index contributed by atoms with van der Waals surface area (Å²) in [5.41, 5.74) is 0.981. The highest BCUT2D eigenvalue weighted by molar-refractivity contribution is 5.91. The smallest absolute Gasteiger partial charge is 0.175 e. The molecule has 1 aliphatic rings. The molecule has 0 amide bonds. The fourth-order valence-electron chi connectivity index (χ4n) is 4.04. The van der Waals surface area contributed by atoms with Crippen LogP contribution in [0.2, 0.25) is 0 Å². The molecule has 3 heterocycles. The van der Waals surface area contributed by atoms with Crippen molar-refractivity contribution in [1.82, 2.24) is 19.4 Å². The van der Waals surface area contributed by atoms with Gasteiger partial charge >= 0.3 is 0 Å². The van der Waals surface area contributed by atoms with E-state index in [1.165, 1.54) is 0 Å².